The van der Waals surface area contributed by atoms with E-state index in [0.717, 1.165) is 38.1 Å². The predicted molar refractivity (Wildman–Crippen MR) is 99.1 cm³/mol. The Morgan fingerprint density at radius 2 is 2.13 bits per heavy atom. The Balaban J connectivity index is 1.70. The average molecular weight is 350 g/mol. The summed E-state index contributed by atoms with van der Waals surface area (Å²) >= 11 is 7.99. The number of nitrogens with one attached hydrogen (secondary N) is 2. The second kappa shape index (κ2) is 6.38. The minimum atomic E-state index is 0.0149. The summed E-state index contributed by atoms with van der Waals surface area (Å²) in [5, 5.41) is 15.7. The van der Waals surface area contributed by atoms with Crippen molar-refractivity contribution in [3.05, 3.63) is 28.9 Å². The second-order valence-electron chi connectivity index (χ2n) is 6.31. The normalized spacial score (nSPS) is 22.0. The number of benzene rings is 1. The number of halogens is 1. The number of H-pyrrole nitrogens is 1. The Bertz CT molecular complexity index is 752. The van der Waals surface area contributed by atoms with E-state index in [1.54, 1.807) is 11.8 Å². The van der Waals surface area contributed by atoms with Gasteiger partial charge in [-0.3, -0.25) is 4.99 Å². The molecule has 23 heavy (non-hydrogen) atoms. The van der Waals surface area contributed by atoms with Gasteiger partial charge in [0.1, 0.15) is 5.04 Å². The van der Waals surface area contributed by atoms with Crippen molar-refractivity contribution in [3.8, 4) is 0 Å². The lowest BCUT2D eigenvalue weighted by Gasteiger charge is -2.14. The third kappa shape index (κ3) is 3.10. The Morgan fingerprint density at radius 3 is 2.87 bits per heavy atom. The first-order valence-corrected chi connectivity index (χ1v) is 9.50. The standard InChI is InChI=1S/C17H20ClN3OS/c18-11-5-10-6-15(17-20-13(8-22)9-23-17)21-16(10)14(7-11)19-12-3-1-2-4-12/h5-7,12-13,19,21-22H,1-4,8-9H2. The number of fused-ring (bicyclic) bond motifs is 1. The van der Waals surface area contributed by atoms with Gasteiger partial charge in [-0.15, -0.1) is 11.8 Å². The highest BCUT2D eigenvalue weighted by atomic mass is 35.5. The maximum Gasteiger partial charge on any atom is 0.115 e. The third-order valence-electron chi connectivity index (χ3n) is 4.56. The molecule has 4 nitrogen and oxygen atoms in total. The van der Waals surface area contributed by atoms with E-state index in [1.807, 2.05) is 12.1 Å². The molecule has 2 aromatic rings. The molecule has 1 saturated carbocycles. The number of anilines is 1. The first kappa shape index (κ1) is 15.4. The summed E-state index contributed by atoms with van der Waals surface area (Å²) in [6, 6.07) is 6.65. The van der Waals surface area contributed by atoms with Crippen LogP contribution in [0.2, 0.25) is 5.02 Å². The monoisotopic (exact) mass is 349 g/mol. The number of hydrogen-bond acceptors (Lipinski definition) is 4. The van der Waals surface area contributed by atoms with Crippen molar-refractivity contribution in [2.75, 3.05) is 17.7 Å². The van der Waals surface area contributed by atoms with Crippen LogP contribution in [0.5, 0.6) is 0 Å². The van der Waals surface area contributed by atoms with Gasteiger partial charge in [-0.2, -0.15) is 0 Å². The number of aromatic amines is 1. The first-order valence-electron chi connectivity index (χ1n) is 8.13. The van der Waals surface area contributed by atoms with E-state index >= 15 is 0 Å². The quantitative estimate of drug-likeness (QED) is 0.781. The molecule has 1 fully saturated rings. The van der Waals surface area contributed by atoms with Gasteiger partial charge in [0.15, 0.2) is 0 Å². The van der Waals surface area contributed by atoms with Crippen molar-refractivity contribution in [3.63, 3.8) is 0 Å². The number of aliphatic imine (C=N–C) groups is 1. The number of aromatic nitrogens is 1. The van der Waals surface area contributed by atoms with Crippen LogP contribution in [0.25, 0.3) is 10.9 Å². The maximum absolute atomic E-state index is 9.25. The molecular weight excluding hydrogens is 330 g/mol. The van der Waals surface area contributed by atoms with Gasteiger partial charge in [-0.05, 0) is 31.0 Å². The minimum Gasteiger partial charge on any atom is -0.394 e. The van der Waals surface area contributed by atoms with E-state index in [-0.39, 0.29) is 12.6 Å². The van der Waals surface area contributed by atoms with E-state index in [0.29, 0.717) is 6.04 Å². The topological polar surface area (TPSA) is 60.4 Å². The summed E-state index contributed by atoms with van der Waals surface area (Å²) in [6.07, 6.45) is 5.05. The van der Waals surface area contributed by atoms with Gasteiger partial charge in [-0.25, -0.2) is 0 Å². The molecule has 1 unspecified atom stereocenters. The summed E-state index contributed by atoms with van der Waals surface area (Å²) < 4.78 is 0. The number of thioether (sulfide) groups is 1. The molecule has 0 spiro atoms. The van der Waals surface area contributed by atoms with Crippen molar-refractivity contribution < 1.29 is 5.11 Å². The van der Waals surface area contributed by atoms with Crippen molar-refractivity contribution in [2.45, 2.75) is 37.8 Å². The smallest absolute Gasteiger partial charge is 0.115 e. The first-order chi connectivity index (χ1) is 11.2. The van der Waals surface area contributed by atoms with Gasteiger partial charge in [0, 0.05) is 22.2 Å². The molecule has 1 aliphatic heterocycles. The van der Waals surface area contributed by atoms with Crippen LogP contribution in [-0.4, -0.2) is 39.6 Å². The van der Waals surface area contributed by atoms with Crippen LogP contribution in [0.3, 0.4) is 0 Å². The highest BCUT2D eigenvalue weighted by Crippen LogP contribution is 2.33. The lowest BCUT2D eigenvalue weighted by Crippen LogP contribution is -2.14. The van der Waals surface area contributed by atoms with Crippen LogP contribution in [0.4, 0.5) is 5.69 Å². The van der Waals surface area contributed by atoms with Gasteiger partial charge in [0.05, 0.1) is 29.5 Å². The van der Waals surface area contributed by atoms with Crippen molar-refractivity contribution in [1.29, 1.82) is 0 Å². The number of nitrogens with zero attached hydrogens (tertiary/aromatic N) is 1. The van der Waals surface area contributed by atoms with Crippen LogP contribution in [0, 0.1) is 0 Å². The SMILES string of the molecule is OCC1CSC(c2cc3cc(Cl)cc(NC4CCCC4)c3[nH]2)=N1. The summed E-state index contributed by atoms with van der Waals surface area (Å²) in [6.45, 7) is 0.108. The molecule has 3 N–H and O–H groups in total. The summed E-state index contributed by atoms with van der Waals surface area (Å²) in [5.41, 5.74) is 3.18. The Kier molecular flexibility index (Phi) is 4.26. The molecule has 2 heterocycles. The minimum absolute atomic E-state index is 0.0149. The van der Waals surface area contributed by atoms with Gasteiger partial charge in [0.25, 0.3) is 0 Å². The molecular formula is C17H20ClN3OS. The molecule has 0 radical (unpaired) electrons. The molecule has 1 atom stereocenters. The Morgan fingerprint density at radius 1 is 1.30 bits per heavy atom. The molecule has 122 valence electrons. The second-order valence-corrected chi connectivity index (χ2v) is 7.75. The fourth-order valence-corrected chi connectivity index (χ4v) is 4.63. The molecule has 0 amide bonds. The van der Waals surface area contributed by atoms with E-state index in [4.69, 9.17) is 11.6 Å². The largest absolute Gasteiger partial charge is 0.394 e. The van der Waals surface area contributed by atoms with Crippen molar-refractivity contribution in [2.24, 2.45) is 4.99 Å². The Hall–Kier alpha value is -1.17. The van der Waals surface area contributed by atoms with Crippen molar-refractivity contribution in [1.82, 2.24) is 4.98 Å². The number of aliphatic hydroxyl groups excluding tert-OH is 1. The number of aliphatic hydroxyl groups is 1. The molecule has 1 aromatic heterocycles. The van der Waals surface area contributed by atoms with Crippen LogP contribution in [0.15, 0.2) is 23.2 Å². The van der Waals surface area contributed by atoms with Gasteiger partial charge >= 0.3 is 0 Å². The van der Waals surface area contributed by atoms with Crippen LogP contribution in [0.1, 0.15) is 31.4 Å². The molecule has 1 aliphatic carbocycles. The summed E-state index contributed by atoms with van der Waals surface area (Å²) in [5.74, 6) is 0.842. The van der Waals surface area contributed by atoms with E-state index in [2.05, 4.69) is 21.4 Å². The maximum atomic E-state index is 9.25. The van der Waals surface area contributed by atoms with Crippen LogP contribution in [-0.2, 0) is 0 Å². The number of hydrogen-bond donors (Lipinski definition) is 3. The zero-order valence-corrected chi connectivity index (χ0v) is 14.4. The van der Waals surface area contributed by atoms with Gasteiger partial charge < -0.3 is 15.4 Å². The van der Waals surface area contributed by atoms with Gasteiger partial charge in [-0.1, -0.05) is 24.4 Å². The molecule has 0 saturated heterocycles. The highest BCUT2D eigenvalue weighted by Gasteiger charge is 2.21. The predicted octanol–water partition coefficient (Wildman–Crippen LogP) is 4.03. The molecule has 2 aliphatic rings. The van der Waals surface area contributed by atoms with E-state index < -0.39 is 0 Å². The lowest BCUT2D eigenvalue weighted by atomic mass is 10.2. The summed E-state index contributed by atoms with van der Waals surface area (Å²) in [7, 11) is 0. The fraction of sp³-hybridized carbons (Fsp3) is 0.471. The third-order valence-corrected chi connectivity index (χ3v) is 5.93. The van der Waals surface area contributed by atoms with E-state index in [1.165, 1.54) is 25.7 Å². The van der Waals surface area contributed by atoms with Crippen LogP contribution < -0.4 is 5.32 Å². The van der Waals surface area contributed by atoms with Gasteiger partial charge in [0.2, 0.25) is 0 Å². The van der Waals surface area contributed by atoms with E-state index in [9.17, 15) is 5.11 Å². The number of rotatable bonds is 4. The highest BCUT2D eigenvalue weighted by molar-refractivity contribution is 8.14. The lowest BCUT2D eigenvalue weighted by molar-refractivity contribution is 0.277. The molecule has 4 rings (SSSR count). The van der Waals surface area contributed by atoms with Crippen LogP contribution >= 0.6 is 23.4 Å². The molecule has 0 bridgehead atoms. The fourth-order valence-electron chi connectivity index (χ4n) is 3.38. The zero-order valence-electron chi connectivity index (χ0n) is 12.8. The average Bonchev–Trinajstić information content (AvgIpc) is 3.26. The molecule has 1 aromatic carbocycles. The zero-order chi connectivity index (χ0) is 15.8. The van der Waals surface area contributed by atoms with Crippen molar-refractivity contribution >= 4 is 45.0 Å². The molecule has 6 heteroatoms. The Labute approximate surface area is 144 Å². The summed E-state index contributed by atoms with van der Waals surface area (Å²) in [4.78, 5) is 8.07.